The third-order valence-corrected chi connectivity index (χ3v) is 2.73. The highest BCUT2D eigenvalue weighted by atomic mass is 15.1. The molecule has 1 atom stereocenters. The molecule has 0 aromatic heterocycles. The molecule has 0 bridgehead atoms. The standard InChI is InChI=1S/C12H26N4/c1-5-16(9-6-8-15(3)4)10-7-12(2,14)11-13/h5-10,14H2,1-4H3. The first-order valence-corrected chi connectivity index (χ1v) is 5.98. The molecule has 0 aromatic carbocycles. The lowest BCUT2D eigenvalue weighted by Crippen LogP contribution is -2.39. The second-order valence-electron chi connectivity index (χ2n) is 4.87. The van der Waals surface area contributed by atoms with E-state index < -0.39 is 5.54 Å². The highest BCUT2D eigenvalue weighted by Crippen LogP contribution is 2.05. The molecule has 0 aliphatic carbocycles. The summed E-state index contributed by atoms with van der Waals surface area (Å²) >= 11 is 0. The number of hydrogen-bond donors (Lipinski definition) is 1. The van der Waals surface area contributed by atoms with Gasteiger partial charge >= 0.3 is 0 Å². The van der Waals surface area contributed by atoms with Gasteiger partial charge in [0.15, 0.2) is 0 Å². The highest BCUT2D eigenvalue weighted by Gasteiger charge is 2.17. The van der Waals surface area contributed by atoms with E-state index in [2.05, 4.69) is 36.9 Å². The van der Waals surface area contributed by atoms with E-state index in [0.717, 1.165) is 39.0 Å². The van der Waals surface area contributed by atoms with Crippen LogP contribution in [0, 0.1) is 11.3 Å². The van der Waals surface area contributed by atoms with Crippen molar-refractivity contribution in [2.24, 2.45) is 5.73 Å². The fraction of sp³-hybridized carbons (Fsp3) is 0.917. The second kappa shape index (κ2) is 7.61. The van der Waals surface area contributed by atoms with E-state index in [1.807, 2.05) is 0 Å². The molecule has 4 nitrogen and oxygen atoms in total. The molecule has 0 aliphatic rings. The maximum atomic E-state index is 8.83. The van der Waals surface area contributed by atoms with Gasteiger partial charge in [-0.1, -0.05) is 6.92 Å². The first-order chi connectivity index (χ1) is 7.41. The molecule has 0 spiro atoms. The molecule has 1 unspecified atom stereocenters. The molecule has 0 amide bonds. The minimum Gasteiger partial charge on any atom is -0.314 e. The Balaban J connectivity index is 3.80. The van der Waals surface area contributed by atoms with E-state index in [1.165, 1.54) is 0 Å². The van der Waals surface area contributed by atoms with Crippen molar-refractivity contribution >= 4 is 0 Å². The van der Waals surface area contributed by atoms with Crippen molar-refractivity contribution in [3.05, 3.63) is 0 Å². The monoisotopic (exact) mass is 226 g/mol. The summed E-state index contributed by atoms with van der Waals surface area (Å²) in [6.07, 6.45) is 1.90. The molecule has 4 heteroatoms. The van der Waals surface area contributed by atoms with Crippen LogP contribution in [0.2, 0.25) is 0 Å². The molecular weight excluding hydrogens is 200 g/mol. The first-order valence-electron chi connectivity index (χ1n) is 5.98. The Hall–Kier alpha value is -0.630. The van der Waals surface area contributed by atoms with Crippen LogP contribution in [-0.2, 0) is 0 Å². The fourth-order valence-corrected chi connectivity index (χ4v) is 1.48. The SMILES string of the molecule is CCN(CCCN(C)C)CCC(C)(N)C#N. The minimum absolute atomic E-state index is 0.686. The zero-order valence-electron chi connectivity index (χ0n) is 11.2. The third kappa shape index (κ3) is 7.63. The molecule has 0 aliphatic heterocycles. The molecule has 0 radical (unpaired) electrons. The second-order valence-corrected chi connectivity index (χ2v) is 4.87. The highest BCUT2D eigenvalue weighted by molar-refractivity contribution is 5.01. The Bertz CT molecular complexity index is 218. The van der Waals surface area contributed by atoms with Crippen LogP contribution in [0.4, 0.5) is 0 Å². The van der Waals surface area contributed by atoms with Crippen molar-refractivity contribution in [1.82, 2.24) is 9.80 Å². The Morgan fingerprint density at radius 1 is 1.25 bits per heavy atom. The van der Waals surface area contributed by atoms with Crippen LogP contribution in [0.3, 0.4) is 0 Å². The van der Waals surface area contributed by atoms with Crippen LogP contribution in [-0.4, -0.2) is 55.6 Å². The number of rotatable bonds is 8. The van der Waals surface area contributed by atoms with E-state index in [4.69, 9.17) is 11.0 Å². The zero-order valence-corrected chi connectivity index (χ0v) is 11.2. The molecule has 0 fully saturated rings. The van der Waals surface area contributed by atoms with Gasteiger partial charge in [-0.2, -0.15) is 5.26 Å². The number of nitrogens with two attached hydrogens (primary N) is 1. The summed E-state index contributed by atoms with van der Waals surface area (Å²) in [4.78, 5) is 4.54. The Morgan fingerprint density at radius 3 is 2.31 bits per heavy atom. The van der Waals surface area contributed by atoms with Gasteiger partial charge in [-0.05, 0) is 53.5 Å². The zero-order chi connectivity index (χ0) is 12.6. The predicted molar refractivity (Wildman–Crippen MR) is 68.1 cm³/mol. The summed E-state index contributed by atoms with van der Waals surface area (Å²) in [7, 11) is 4.17. The molecule has 94 valence electrons. The lowest BCUT2D eigenvalue weighted by Gasteiger charge is -2.24. The lowest BCUT2D eigenvalue weighted by molar-refractivity contribution is 0.251. The van der Waals surface area contributed by atoms with Crippen molar-refractivity contribution < 1.29 is 0 Å². The normalized spacial score (nSPS) is 15.1. The number of nitrogens with zero attached hydrogens (tertiary/aromatic N) is 3. The lowest BCUT2D eigenvalue weighted by atomic mass is 10.0. The van der Waals surface area contributed by atoms with Gasteiger partial charge in [-0.15, -0.1) is 0 Å². The maximum Gasteiger partial charge on any atom is 0.102 e. The van der Waals surface area contributed by atoms with Gasteiger partial charge < -0.3 is 15.5 Å². The smallest absolute Gasteiger partial charge is 0.102 e. The van der Waals surface area contributed by atoms with E-state index >= 15 is 0 Å². The summed E-state index contributed by atoms with van der Waals surface area (Å²) in [6.45, 7) is 8.06. The Labute approximate surface area is 100 Å². The quantitative estimate of drug-likeness (QED) is 0.668. The van der Waals surface area contributed by atoms with Gasteiger partial charge in [0.2, 0.25) is 0 Å². The van der Waals surface area contributed by atoms with E-state index in [9.17, 15) is 0 Å². The summed E-state index contributed by atoms with van der Waals surface area (Å²) in [5, 5.41) is 8.83. The average molecular weight is 226 g/mol. The molecular formula is C12H26N4. The summed E-state index contributed by atoms with van der Waals surface area (Å²) < 4.78 is 0. The van der Waals surface area contributed by atoms with Gasteiger partial charge in [-0.25, -0.2) is 0 Å². The van der Waals surface area contributed by atoms with Gasteiger partial charge in [0.25, 0.3) is 0 Å². The molecule has 0 saturated carbocycles. The molecule has 0 rings (SSSR count). The van der Waals surface area contributed by atoms with Gasteiger partial charge in [0.05, 0.1) is 6.07 Å². The van der Waals surface area contributed by atoms with Gasteiger partial charge in [0, 0.05) is 6.54 Å². The van der Waals surface area contributed by atoms with Crippen LogP contribution in [0.5, 0.6) is 0 Å². The number of hydrogen-bond acceptors (Lipinski definition) is 4. The summed E-state index contributed by atoms with van der Waals surface area (Å²) in [5.74, 6) is 0. The van der Waals surface area contributed by atoms with Gasteiger partial charge in [0.1, 0.15) is 5.54 Å². The van der Waals surface area contributed by atoms with Crippen molar-refractivity contribution in [1.29, 1.82) is 5.26 Å². The first kappa shape index (κ1) is 15.4. The van der Waals surface area contributed by atoms with E-state index in [0.29, 0.717) is 0 Å². The van der Waals surface area contributed by atoms with Crippen LogP contribution in [0.15, 0.2) is 0 Å². The number of nitriles is 1. The fourth-order valence-electron chi connectivity index (χ4n) is 1.48. The molecule has 2 N–H and O–H groups in total. The van der Waals surface area contributed by atoms with Crippen LogP contribution in [0.25, 0.3) is 0 Å². The van der Waals surface area contributed by atoms with Crippen molar-refractivity contribution in [2.45, 2.75) is 32.2 Å². The van der Waals surface area contributed by atoms with Crippen LogP contribution < -0.4 is 5.73 Å². The largest absolute Gasteiger partial charge is 0.314 e. The Kier molecular flexibility index (Phi) is 7.31. The maximum absolute atomic E-state index is 8.83. The summed E-state index contributed by atoms with van der Waals surface area (Å²) in [6, 6.07) is 2.14. The van der Waals surface area contributed by atoms with E-state index in [1.54, 1.807) is 6.92 Å². The van der Waals surface area contributed by atoms with Crippen molar-refractivity contribution in [2.75, 3.05) is 40.3 Å². The molecule has 0 saturated heterocycles. The van der Waals surface area contributed by atoms with Crippen molar-refractivity contribution in [3.63, 3.8) is 0 Å². The predicted octanol–water partition coefficient (Wildman–Crippen LogP) is 0.891. The molecule has 16 heavy (non-hydrogen) atoms. The topological polar surface area (TPSA) is 56.3 Å². The summed E-state index contributed by atoms with van der Waals surface area (Å²) in [5.41, 5.74) is 5.11. The molecule has 0 heterocycles. The average Bonchev–Trinajstić information content (AvgIpc) is 2.22. The third-order valence-electron chi connectivity index (χ3n) is 2.73. The van der Waals surface area contributed by atoms with E-state index in [-0.39, 0.29) is 0 Å². The van der Waals surface area contributed by atoms with Gasteiger partial charge in [-0.3, -0.25) is 0 Å². The minimum atomic E-state index is -0.686. The van der Waals surface area contributed by atoms with Crippen LogP contribution >= 0.6 is 0 Å². The molecule has 0 aromatic rings. The van der Waals surface area contributed by atoms with Crippen molar-refractivity contribution in [3.8, 4) is 6.07 Å². The Morgan fingerprint density at radius 2 is 1.88 bits per heavy atom. The van der Waals surface area contributed by atoms with Crippen LogP contribution in [0.1, 0.15) is 26.7 Å².